The van der Waals surface area contributed by atoms with Crippen molar-refractivity contribution in [2.45, 2.75) is 0 Å². The molecule has 0 atom stereocenters. The van der Waals surface area contributed by atoms with Gasteiger partial charge in [-0.05, 0) is 49.5 Å². The Morgan fingerprint density at radius 1 is 0.960 bits per heavy atom. The van der Waals surface area contributed by atoms with Crippen molar-refractivity contribution >= 4 is 17.5 Å². The summed E-state index contributed by atoms with van der Waals surface area (Å²) in [6.45, 7) is 3.13. The van der Waals surface area contributed by atoms with Crippen molar-refractivity contribution in [3.05, 3.63) is 65.5 Å². The van der Waals surface area contributed by atoms with Gasteiger partial charge in [-0.1, -0.05) is 6.07 Å². The number of rotatable bonds is 3. The topological polar surface area (TPSA) is 52.7 Å². The second-order valence-corrected chi connectivity index (χ2v) is 6.14. The van der Waals surface area contributed by atoms with Crippen LogP contribution in [-0.4, -0.2) is 54.8 Å². The number of amides is 2. The number of nitrogens with one attached hydrogen (secondary N) is 1. The van der Waals surface area contributed by atoms with Gasteiger partial charge in [-0.15, -0.1) is 0 Å². The SMILES string of the molecule is CN1CCN(C(=O)c2ccc(C(=O)Nc3cccc(F)c3)cc2)CC1. The first kappa shape index (κ1) is 17.1. The molecule has 1 fully saturated rings. The predicted octanol–water partition coefficient (Wildman–Crippen LogP) is 2.47. The maximum atomic E-state index is 13.2. The molecule has 0 aromatic heterocycles. The number of hydrogen-bond acceptors (Lipinski definition) is 3. The summed E-state index contributed by atoms with van der Waals surface area (Å²) < 4.78 is 13.2. The lowest BCUT2D eigenvalue weighted by Crippen LogP contribution is -2.47. The van der Waals surface area contributed by atoms with Gasteiger partial charge >= 0.3 is 0 Å². The summed E-state index contributed by atoms with van der Waals surface area (Å²) in [6, 6.07) is 12.2. The molecule has 25 heavy (non-hydrogen) atoms. The Hall–Kier alpha value is -2.73. The number of nitrogens with zero attached hydrogens (tertiary/aromatic N) is 2. The number of halogens is 1. The van der Waals surface area contributed by atoms with E-state index in [1.165, 1.54) is 18.2 Å². The maximum absolute atomic E-state index is 13.2. The van der Waals surface area contributed by atoms with Crippen LogP contribution in [0.25, 0.3) is 0 Å². The molecule has 0 radical (unpaired) electrons. The quantitative estimate of drug-likeness (QED) is 0.933. The molecule has 1 aliphatic rings. The lowest BCUT2D eigenvalue weighted by atomic mass is 10.1. The highest BCUT2D eigenvalue weighted by Crippen LogP contribution is 2.13. The smallest absolute Gasteiger partial charge is 0.255 e. The molecule has 5 nitrogen and oxygen atoms in total. The first-order valence-electron chi connectivity index (χ1n) is 8.18. The third-order valence-electron chi connectivity index (χ3n) is 4.27. The van der Waals surface area contributed by atoms with E-state index >= 15 is 0 Å². The normalized spacial score (nSPS) is 15.0. The molecule has 0 bridgehead atoms. The van der Waals surface area contributed by atoms with E-state index in [2.05, 4.69) is 10.2 Å². The van der Waals surface area contributed by atoms with E-state index in [4.69, 9.17) is 0 Å². The van der Waals surface area contributed by atoms with Crippen molar-refractivity contribution in [2.24, 2.45) is 0 Å². The molecular formula is C19H20FN3O2. The summed E-state index contributed by atoms with van der Waals surface area (Å²) >= 11 is 0. The van der Waals surface area contributed by atoms with Crippen LogP contribution in [0, 0.1) is 5.82 Å². The second kappa shape index (κ2) is 7.44. The minimum Gasteiger partial charge on any atom is -0.336 e. The molecule has 1 heterocycles. The molecule has 2 aromatic rings. The van der Waals surface area contributed by atoms with Crippen LogP contribution >= 0.6 is 0 Å². The predicted molar refractivity (Wildman–Crippen MR) is 94.2 cm³/mol. The number of carbonyl (C=O) groups is 2. The average Bonchev–Trinajstić information content (AvgIpc) is 2.62. The maximum Gasteiger partial charge on any atom is 0.255 e. The molecule has 0 aliphatic carbocycles. The standard InChI is InChI=1S/C19H20FN3O2/c1-22-9-11-23(12-10-22)19(25)15-7-5-14(6-8-15)18(24)21-17-4-2-3-16(20)13-17/h2-8,13H,9-12H2,1H3,(H,21,24). The monoisotopic (exact) mass is 341 g/mol. The Kier molecular flexibility index (Phi) is 5.09. The fourth-order valence-electron chi connectivity index (χ4n) is 2.73. The van der Waals surface area contributed by atoms with E-state index in [0.717, 1.165) is 13.1 Å². The molecule has 1 N–H and O–H groups in total. The van der Waals surface area contributed by atoms with E-state index < -0.39 is 5.82 Å². The van der Waals surface area contributed by atoms with Gasteiger partial charge in [0, 0.05) is 43.0 Å². The molecule has 0 spiro atoms. The zero-order valence-corrected chi connectivity index (χ0v) is 14.0. The minimum atomic E-state index is -0.411. The zero-order chi connectivity index (χ0) is 17.8. The van der Waals surface area contributed by atoms with Gasteiger partial charge in [0.1, 0.15) is 5.82 Å². The highest BCUT2D eigenvalue weighted by atomic mass is 19.1. The number of carbonyl (C=O) groups excluding carboxylic acids is 2. The second-order valence-electron chi connectivity index (χ2n) is 6.14. The fourth-order valence-corrected chi connectivity index (χ4v) is 2.73. The molecule has 1 aliphatic heterocycles. The van der Waals surface area contributed by atoms with Crippen molar-refractivity contribution in [2.75, 3.05) is 38.5 Å². The van der Waals surface area contributed by atoms with Gasteiger partial charge in [-0.25, -0.2) is 4.39 Å². The third-order valence-corrected chi connectivity index (χ3v) is 4.27. The van der Waals surface area contributed by atoms with Crippen molar-refractivity contribution in [1.82, 2.24) is 9.80 Å². The van der Waals surface area contributed by atoms with Crippen LogP contribution < -0.4 is 5.32 Å². The Bertz CT molecular complexity index is 768. The number of hydrogen-bond donors (Lipinski definition) is 1. The minimum absolute atomic E-state index is 0.0230. The van der Waals surface area contributed by atoms with Crippen LogP contribution in [0.1, 0.15) is 20.7 Å². The molecule has 130 valence electrons. The number of piperazine rings is 1. The van der Waals surface area contributed by atoms with Crippen LogP contribution in [0.4, 0.5) is 10.1 Å². The molecule has 0 unspecified atom stereocenters. The summed E-state index contributed by atoms with van der Waals surface area (Å²) in [5.41, 5.74) is 1.37. The van der Waals surface area contributed by atoms with E-state index in [1.54, 1.807) is 30.3 Å². The van der Waals surface area contributed by atoms with Gasteiger partial charge in [0.25, 0.3) is 11.8 Å². The molecular weight excluding hydrogens is 321 g/mol. The lowest BCUT2D eigenvalue weighted by Gasteiger charge is -2.32. The van der Waals surface area contributed by atoms with Gasteiger partial charge in [-0.2, -0.15) is 0 Å². The fraction of sp³-hybridized carbons (Fsp3) is 0.263. The Balaban J connectivity index is 1.65. The summed E-state index contributed by atoms with van der Waals surface area (Å²) in [4.78, 5) is 28.7. The summed E-state index contributed by atoms with van der Waals surface area (Å²) in [6.07, 6.45) is 0. The Morgan fingerprint density at radius 2 is 1.60 bits per heavy atom. The largest absolute Gasteiger partial charge is 0.336 e. The Morgan fingerprint density at radius 3 is 2.24 bits per heavy atom. The molecule has 1 saturated heterocycles. The first-order valence-corrected chi connectivity index (χ1v) is 8.18. The molecule has 6 heteroatoms. The summed E-state index contributed by atoms with van der Waals surface area (Å²) in [7, 11) is 2.04. The molecule has 0 saturated carbocycles. The number of anilines is 1. The highest BCUT2D eigenvalue weighted by molar-refractivity contribution is 6.05. The van der Waals surface area contributed by atoms with Crippen LogP contribution in [0.2, 0.25) is 0 Å². The van der Waals surface area contributed by atoms with E-state index in [0.29, 0.717) is 29.9 Å². The molecule has 3 rings (SSSR count). The Labute approximate surface area is 146 Å². The molecule has 2 aromatic carbocycles. The van der Waals surface area contributed by atoms with E-state index in [1.807, 2.05) is 11.9 Å². The van der Waals surface area contributed by atoms with Crippen molar-refractivity contribution < 1.29 is 14.0 Å². The zero-order valence-electron chi connectivity index (χ0n) is 14.0. The van der Waals surface area contributed by atoms with Crippen LogP contribution in [0.15, 0.2) is 48.5 Å². The third kappa shape index (κ3) is 4.22. The van der Waals surface area contributed by atoms with Gasteiger partial charge in [0.05, 0.1) is 0 Å². The van der Waals surface area contributed by atoms with Crippen LogP contribution in [-0.2, 0) is 0 Å². The first-order chi connectivity index (χ1) is 12.0. The number of benzene rings is 2. The van der Waals surface area contributed by atoms with Gasteiger partial charge in [0.15, 0.2) is 0 Å². The van der Waals surface area contributed by atoms with Crippen LogP contribution in [0.5, 0.6) is 0 Å². The molecule has 2 amide bonds. The van der Waals surface area contributed by atoms with Crippen molar-refractivity contribution in [3.8, 4) is 0 Å². The highest BCUT2D eigenvalue weighted by Gasteiger charge is 2.20. The van der Waals surface area contributed by atoms with Crippen LogP contribution in [0.3, 0.4) is 0 Å². The van der Waals surface area contributed by atoms with Gasteiger partial charge in [-0.3, -0.25) is 9.59 Å². The summed E-state index contributed by atoms with van der Waals surface area (Å²) in [5, 5.41) is 2.64. The van der Waals surface area contributed by atoms with E-state index in [9.17, 15) is 14.0 Å². The lowest BCUT2D eigenvalue weighted by molar-refractivity contribution is 0.0664. The average molecular weight is 341 g/mol. The van der Waals surface area contributed by atoms with Crippen molar-refractivity contribution in [1.29, 1.82) is 0 Å². The number of likely N-dealkylation sites (N-methyl/N-ethyl adjacent to an activating group) is 1. The van der Waals surface area contributed by atoms with Crippen molar-refractivity contribution in [3.63, 3.8) is 0 Å². The van der Waals surface area contributed by atoms with E-state index in [-0.39, 0.29) is 11.8 Å². The summed E-state index contributed by atoms with van der Waals surface area (Å²) in [5.74, 6) is -0.777. The van der Waals surface area contributed by atoms with Gasteiger partial charge < -0.3 is 15.1 Å². The van der Waals surface area contributed by atoms with Gasteiger partial charge in [0.2, 0.25) is 0 Å².